The average Bonchev–Trinajstić information content (AvgIpc) is 3.28. The summed E-state index contributed by atoms with van der Waals surface area (Å²) < 4.78 is 26.4. The highest BCUT2D eigenvalue weighted by molar-refractivity contribution is 7.92. The Morgan fingerprint density at radius 2 is 1.97 bits per heavy atom. The molecule has 3 N–H and O–H groups in total. The van der Waals surface area contributed by atoms with Gasteiger partial charge < -0.3 is 20.6 Å². The van der Waals surface area contributed by atoms with Crippen molar-refractivity contribution in [3.8, 4) is 5.75 Å². The molecule has 0 bridgehead atoms. The van der Waals surface area contributed by atoms with Gasteiger partial charge in [0.25, 0.3) is 0 Å². The van der Waals surface area contributed by atoms with Crippen molar-refractivity contribution in [2.75, 3.05) is 19.4 Å². The molecule has 3 rings (SSSR count). The summed E-state index contributed by atoms with van der Waals surface area (Å²) in [5, 5.41) is 15.4. The molecule has 0 saturated heterocycles. The second-order valence-corrected chi connectivity index (χ2v) is 10.6. The Kier molecular flexibility index (Phi) is 6.45. The van der Waals surface area contributed by atoms with E-state index in [1.165, 1.54) is 12.1 Å². The third-order valence-electron chi connectivity index (χ3n) is 5.92. The first kappa shape index (κ1) is 21.9. The number of amides is 2. The fourth-order valence-electron chi connectivity index (χ4n) is 4.10. The Morgan fingerprint density at radius 1 is 1.24 bits per heavy atom. The van der Waals surface area contributed by atoms with Gasteiger partial charge in [-0.3, -0.25) is 0 Å². The molecule has 1 aromatic carbocycles. The SMILES string of the molecule is CC1=CCCC1NC(=O)Nc1ccc(Cl)c(S(=O)(=O)C2CCC(N(C)C)C2)c1O. The first-order valence-electron chi connectivity index (χ1n) is 9.77. The smallest absolute Gasteiger partial charge is 0.319 e. The van der Waals surface area contributed by atoms with Gasteiger partial charge in [-0.15, -0.1) is 0 Å². The lowest BCUT2D eigenvalue weighted by atomic mass is 10.2. The van der Waals surface area contributed by atoms with E-state index in [1.54, 1.807) is 0 Å². The van der Waals surface area contributed by atoms with Crippen LogP contribution in [0.1, 0.15) is 39.0 Å². The van der Waals surface area contributed by atoms with E-state index in [0.717, 1.165) is 24.8 Å². The number of aromatic hydroxyl groups is 1. The van der Waals surface area contributed by atoms with E-state index < -0.39 is 26.9 Å². The maximum atomic E-state index is 13.2. The third kappa shape index (κ3) is 4.54. The number of rotatable bonds is 5. The van der Waals surface area contributed by atoms with E-state index in [1.807, 2.05) is 25.9 Å². The highest BCUT2D eigenvalue weighted by Crippen LogP contribution is 2.42. The van der Waals surface area contributed by atoms with Crippen molar-refractivity contribution in [2.45, 2.75) is 61.3 Å². The Hall–Kier alpha value is -1.77. The van der Waals surface area contributed by atoms with E-state index in [4.69, 9.17) is 11.6 Å². The summed E-state index contributed by atoms with van der Waals surface area (Å²) in [6.45, 7) is 1.95. The van der Waals surface area contributed by atoms with Crippen molar-refractivity contribution in [2.24, 2.45) is 0 Å². The summed E-state index contributed by atoms with van der Waals surface area (Å²) in [6, 6.07) is 2.41. The number of carbonyl (C=O) groups is 1. The summed E-state index contributed by atoms with van der Waals surface area (Å²) in [5.41, 5.74) is 1.10. The van der Waals surface area contributed by atoms with Crippen molar-refractivity contribution in [3.05, 3.63) is 28.8 Å². The number of hydrogen-bond donors (Lipinski definition) is 3. The van der Waals surface area contributed by atoms with Crippen LogP contribution in [0.4, 0.5) is 10.5 Å². The summed E-state index contributed by atoms with van der Waals surface area (Å²) >= 11 is 6.17. The molecule has 29 heavy (non-hydrogen) atoms. The van der Waals surface area contributed by atoms with Gasteiger partial charge in [0.1, 0.15) is 4.90 Å². The zero-order valence-corrected chi connectivity index (χ0v) is 18.5. The minimum Gasteiger partial charge on any atom is -0.504 e. The van der Waals surface area contributed by atoms with E-state index in [9.17, 15) is 18.3 Å². The molecular formula is C20H28ClN3O4S. The van der Waals surface area contributed by atoms with Gasteiger partial charge in [-0.05, 0) is 65.3 Å². The van der Waals surface area contributed by atoms with Crippen LogP contribution in [0.15, 0.2) is 28.7 Å². The number of nitrogens with one attached hydrogen (secondary N) is 2. The number of anilines is 1. The summed E-state index contributed by atoms with van der Waals surface area (Å²) in [7, 11) is 0.00488. The van der Waals surface area contributed by atoms with Crippen molar-refractivity contribution in [3.63, 3.8) is 0 Å². The number of urea groups is 1. The topological polar surface area (TPSA) is 98.7 Å². The molecule has 1 aromatic rings. The van der Waals surface area contributed by atoms with Gasteiger partial charge >= 0.3 is 6.03 Å². The maximum absolute atomic E-state index is 13.2. The normalized spacial score (nSPS) is 24.6. The standard InChI is InChI=1S/C20H28ClN3O4S/c1-12-5-4-6-16(12)22-20(26)23-17-10-9-15(21)19(18(17)25)29(27,28)14-8-7-13(11-14)24(2)3/h5,9-10,13-14,16,25H,4,6-8,11H2,1-3H3,(H2,22,23,26). The average molecular weight is 442 g/mol. The lowest BCUT2D eigenvalue weighted by molar-refractivity contribution is 0.249. The molecule has 3 unspecified atom stereocenters. The number of carbonyl (C=O) groups excluding carboxylic acids is 1. The van der Waals surface area contributed by atoms with Gasteiger partial charge in [0.15, 0.2) is 15.6 Å². The Morgan fingerprint density at radius 3 is 2.55 bits per heavy atom. The molecule has 3 atom stereocenters. The Labute approximate surface area is 177 Å². The van der Waals surface area contributed by atoms with E-state index in [2.05, 4.69) is 16.7 Å². The summed E-state index contributed by atoms with van der Waals surface area (Å²) in [5.74, 6) is -0.514. The number of benzene rings is 1. The van der Waals surface area contributed by atoms with Gasteiger partial charge in [-0.25, -0.2) is 13.2 Å². The van der Waals surface area contributed by atoms with Gasteiger partial charge in [0.05, 0.1) is 22.0 Å². The van der Waals surface area contributed by atoms with Crippen LogP contribution in [0.5, 0.6) is 5.75 Å². The van der Waals surface area contributed by atoms with Crippen molar-refractivity contribution < 1.29 is 18.3 Å². The second-order valence-electron chi connectivity index (χ2n) is 8.05. The molecule has 160 valence electrons. The summed E-state index contributed by atoms with van der Waals surface area (Å²) in [6.07, 6.45) is 5.55. The molecule has 0 spiro atoms. The lowest BCUT2D eigenvalue weighted by Crippen LogP contribution is -2.37. The van der Waals surface area contributed by atoms with Crippen LogP contribution in [0.25, 0.3) is 0 Å². The van der Waals surface area contributed by atoms with E-state index in [0.29, 0.717) is 12.8 Å². The van der Waals surface area contributed by atoms with Crippen LogP contribution in [-0.2, 0) is 9.84 Å². The third-order valence-corrected chi connectivity index (χ3v) is 8.63. The molecular weight excluding hydrogens is 414 g/mol. The van der Waals surface area contributed by atoms with Gasteiger partial charge in [0.2, 0.25) is 0 Å². The van der Waals surface area contributed by atoms with Crippen LogP contribution in [0.2, 0.25) is 5.02 Å². The number of phenols is 1. The van der Waals surface area contributed by atoms with E-state index >= 15 is 0 Å². The van der Waals surface area contributed by atoms with Gasteiger partial charge in [0, 0.05) is 6.04 Å². The fourth-order valence-corrected chi connectivity index (χ4v) is 6.55. The predicted octanol–water partition coefficient (Wildman–Crippen LogP) is 3.53. The number of halogens is 1. The van der Waals surface area contributed by atoms with Crippen LogP contribution in [-0.4, -0.2) is 55.9 Å². The minimum atomic E-state index is -3.85. The lowest BCUT2D eigenvalue weighted by Gasteiger charge is -2.20. The summed E-state index contributed by atoms with van der Waals surface area (Å²) in [4.78, 5) is 14.0. The zero-order valence-electron chi connectivity index (χ0n) is 16.9. The molecule has 0 aromatic heterocycles. The molecule has 1 saturated carbocycles. The number of hydrogen-bond acceptors (Lipinski definition) is 5. The predicted molar refractivity (Wildman–Crippen MR) is 114 cm³/mol. The number of allylic oxidation sites excluding steroid dienone is 1. The zero-order chi connectivity index (χ0) is 21.3. The Bertz CT molecular complexity index is 930. The van der Waals surface area contributed by atoms with E-state index in [-0.39, 0.29) is 27.7 Å². The molecule has 2 aliphatic rings. The number of sulfone groups is 1. The minimum absolute atomic E-state index is 0.0206. The molecule has 2 aliphatic carbocycles. The number of phenolic OH excluding ortho intramolecular Hbond substituents is 1. The van der Waals surface area contributed by atoms with Crippen LogP contribution < -0.4 is 10.6 Å². The second kappa shape index (κ2) is 8.53. The van der Waals surface area contributed by atoms with Gasteiger partial charge in [-0.1, -0.05) is 23.3 Å². The van der Waals surface area contributed by atoms with Crippen molar-refractivity contribution in [1.82, 2.24) is 10.2 Å². The molecule has 0 aliphatic heterocycles. The van der Waals surface area contributed by atoms with Crippen molar-refractivity contribution in [1.29, 1.82) is 0 Å². The van der Waals surface area contributed by atoms with Crippen LogP contribution >= 0.6 is 11.6 Å². The van der Waals surface area contributed by atoms with Crippen LogP contribution in [0.3, 0.4) is 0 Å². The molecule has 9 heteroatoms. The Balaban J connectivity index is 1.81. The monoisotopic (exact) mass is 441 g/mol. The maximum Gasteiger partial charge on any atom is 0.319 e. The first-order valence-corrected chi connectivity index (χ1v) is 11.7. The fraction of sp³-hybridized carbons (Fsp3) is 0.550. The highest BCUT2D eigenvalue weighted by atomic mass is 35.5. The molecule has 0 heterocycles. The van der Waals surface area contributed by atoms with Crippen molar-refractivity contribution >= 4 is 33.2 Å². The highest BCUT2D eigenvalue weighted by Gasteiger charge is 2.39. The largest absolute Gasteiger partial charge is 0.504 e. The molecule has 0 radical (unpaired) electrons. The van der Waals surface area contributed by atoms with Crippen LogP contribution in [0, 0.1) is 0 Å². The molecule has 1 fully saturated rings. The molecule has 7 nitrogen and oxygen atoms in total. The first-order chi connectivity index (χ1) is 13.6. The molecule has 2 amide bonds. The quantitative estimate of drug-likeness (QED) is 0.479. The van der Waals surface area contributed by atoms with Gasteiger partial charge in [-0.2, -0.15) is 0 Å². The number of nitrogens with zero attached hydrogens (tertiary/aromatic N) is 1.